The van der Waals surface area contributed by atoms with Gasteiger partial charge >= 0.3 is 0 Å². The summed E-state index contributed by atoms with van der Waals surface area (Å²) in [7, 11) is 1.91. The third-order valence-corrected chi connectivity index (χ3v) is 9.80. The van der Waals surface area contributed by atoms with Gasteiger partial charge < -0.3 is 25.2 Å². The van der Waals surface area contributed by atoms with Gasteiger partial charge in [-0.2, -0.15) is 9.40 Å². The molecule has 0 atom stereocenters. The van der Waals surface area contributed by atoms with Crippen LogP contribution in [0.1, 0.15) is 40.9 Å². The monoisotopic (exact) mass is 631 g/mol. The fourth-order valence-corrected chi connectivity index (χ4v) is 6.93. The van der Waals surface area contributed by atoms with Crippen molar-refractivity contribution in [2.75, 3.05) is 69.5 Å². The normalized spacial score (nSPS) is 16.1. The first-order valence-corrected chi connectivity index (χ1v) is 16.1. The average Bonchev–Trinajstić information content (AvgIpc) is 3.38. The Labute approximate surface area is 256 Å². The molecule has 0 saturated carbocycles. The average molecular weight is 632 g/mol. The molecule has 5 rings (SSSR count). The zero-order chi connectivity index (χ0) is 31.4. The van der Waals surface area contributed by atoms with Crippen LogP contribution in [0, 0.1) is 11.6 Å². The number of aromatic nitrogens is 2. The van der Waals surface area contributed by atoms with Crippen LogP contribution < -0.4 is 15.5 Å². The molecule has 1 fully saturated rings. The molecule has 3 heterocycles. The number of carbonyl (C=O) groups excluding carboxylic acids is 1. The molecule has 1 saturated heterocycles. The summed E-state index contributed by atoms with van der Waals surface area (Å²) in [4.78, 5) is 17.5. The van der Waals surface area contributed by atoms with Gasteiger partial charge in [-0.05, 0) is 70.2 Å². The predicted octanol–water partition coefficient (Wildman–Crippen LogP) is 3.67. The van der Waals surface area contributed by atoms with Gasteiger partial charge in [-0.15, -0.1) is 0 Å². The molecule has 0 spiro atoms. The predicted molar refractivity (Wildman–Crippen MR) is 165 cm³/mol. The van der Waals surface area contributed by atoms with E-state index in [1.807, 2.05) is 33.3 Å². The van der Waals surface area contributed by atoms with Crippen molar-refractivity contribution in [2.24, 2.45) is 0 Å². The lowest BCUT2D eigenvalue weighted by atomic mass is 10.1. The van der Waals surface area contributed by atoms with E-state index in [4.69, 9.17) is 4.74 Å². The molecule has 2 aliphatic heterocycles. The maximum absolute atomic E-state index is 13.8. The van der Waals surface area contributed by atoms with E-state index in [9.17, 15) is 22.0 Å². The zero-order valence-electron chi connectivity index (χ0n) is 25.2. The Morgan fingerprint density at radius 3 is 2.52 bits per heavy atom. The number of benzene rings is 2. The van der Waals surface area contributed by atoms with E-state index in [2.05, 4.69) is 30.6 Å². The zero-order valence-corrected chi connectivity index (χ0v) is 26.0. The fourth-order valence-electron chi connectivity index (χ4n) is 5.48. The first-order valence-electron chi connectivity index (χ1n) is 14.7. The number of anilines is 3. The number of nitrogens with zero attached hydrogens (tertiary/aromatic N) is 4. The molecule has 1 aromatic heterocycles. The van der Waals surface area contributed by atoms with Gasteiger partial charge in [0.2, 0.25) is 10.0 Å². The highest BCUT2D eigenvalue weighted by Crippen LogP contribution is 2.31. The molecular weight excluding hydrogens is 592 g/mol. The van der Waals surface area contributed by atoms with Gasteiger partial charge in [0.25, 0.3) is 5.91 Å². The highest BCUT2D eigenvalue weighted by molar-refractivity contribution is 7.89. The number of hydrogen-bond donors (Lipinski definition) is 3. The number of hydrogen-bond acceptors (Lipinski definition) is 8. The van der Waals surface area contributed by atoms with Crippen molar-refractivity contribution in [3.05, 3.63) is 64.9 Å². The minimum Gasteiger partial charge on any atom is -0.381 e. The highest BCUT2D eigenvalue weighted by atomic mass is 32.2. The van der Waals surface area contributed by atoms with Crippen molar-refractivity contribution >= 4 is 33.1 Å². The largest absolute Gasteiger partial charge is 0.381 e. The summed E-state index contributed by atoms with van der Waals surface area (Å²) in [5.41, 5.74) is 3.28. The molecule has 0 unspecified atom stereocenters. The number of sulfonamides is 1. The van der Waals surface area contributed by atoms with Gasteiger partial charge in [0.05, 0.1) is 10.5 Å². The third-order valence-electron chi connectivity index (χ3n) is 7.97. The summed E-state index contributed by atoms with van der Waals surface area (Å²) in [6, 6.07) is 8.03. The highest BCUT2D eigenvalue weighted by Gasteiger charge is 2.32. The minimum absolute atomic E-state index is 0.0890. The summed E-state index contributed by atoms with van der Waals surface area (Å²) < 4.78 is 60.8. The van der Waals surface area contributed by atoms with Crippen molar-refractivity contribution in [3.8, 4) is 0 Å². The lowest BCUT2D eigenvalue weighted by Gasteiger charge is -2.27. The Bertz CT molecular complexity index is 1570. The molecule has 1 amide bonds. The number of carbonyl (C=O) groups is 1. The number of nitrogens with one attached hydrogen (secondary N) is 3. The third kappa shape index (κ3) is 7.37. The van der Waals surface area contributed by atoms with Crippen LogP contribution in [0.4, 0.5) is 26.0 Å². The Morgan fingerprint density at radius 1 is 1.09 bits per heavy atom. The summed E-state index contributed by atoms with van der Waals surface area (Å²) in [6.07, 6.45) is 2.91. The van der Waals surface area contributed by atoms with Gasteiger partial charge in [-0.1, -0.05) is 0 Å². The quantitative estimate of drug-likeness (QED) is 0.293. The number of H-pyrrole nitrogens is 1. The van der Waals surface area contributed by atoms with E-state index >= 15 is 0 Å². The van der Waals surface area contributed by atoms with Gasteiger partial charge in [0.1, 0.15) is 11.6 Å². The molecular formula is C30H39F2N7O4S. The fraction of sp³-hybridized carbons (Fsp3) is 0.467. The number of halogens is 2. The minimum atomic E-state index is -4.20. The van der Waals surface area contributed by atoms with Crippen LogP contribution in [0.3, 0.4) is 0 Å². The lowest BCUT2D eigenvalue weighted by molar-refractivity contribution is 0.0904. The van der Waals surface area contributed by atoms with E-state index in [0.717, 1.165) is 54.5 Å². The molecule has 0 aliphatic carbocycles. The lowest BCUT2D eigenvalue weighted by Crippen LogP contribution is -2.36. The van der Waals surface area contributed by atoms with Gasteiger partial charge in [-0.25, -0.2) is 17.2 Å². The van der Waals surface area contributed by atoms with Crippen LogP contribution in [0.25, 0.3) is 0 Å². The SMILES string of the molecule is CN(C)CCCN(C)c1ccc(C(=O)Nc2n[nH]c3c2CN(S(=O)(=O)c2cc(F)cc(F)c2)CC3)c(NC2CCOCC2)c1. The summed E-state index contributed by atoms with van der Waals surface area (Å²) in [5.74, 6) is -2.15. The first-order chi connectivity index (χ1) is 21.0. The Kier molecular flexibility index (Phi) is 9.83. The molecule has 3 aromatic rings. The van der Waals surface area contributed by atoms with Gasteiger partial charge in [0.15, 0.2) is 5.82 Å². The van der Waals surface area contributed by atoms with Crippen molar-refractivity contribution in [1.29, 1.82) is 0 Å². The summed E-state index contributed by atoms with van der Waals surface area (Å²) in [6.45, 7) is 3.07. The molecule has 14 heteroatoms. The van der Waals surface area contributed by atoms with Crippen molar-refractivity contribution in [1.82, 2.24) is 19.4 Å². The number of amides is 1. The molecule has 2 aliphatic rings. The van der Waals surface area contributed by atoms with Crippen LogP contribution in [-0.4, -0.2) is 93.8 Å². The standard InChI is InChI=1S/C30H39F2N7O4S/c1-37(2)10-4-11-38(3)23-5-6-25(28(18-23)33-22-8-13-43-14-9-22)30(40)34-29-26-19-39(12-7-27(26)35-36-29)44(41,42)24-16-20(31)15-21(32)17-24/h5-6,15-18,22,33H,4,7-14,19H2,1-3H3,(H2,34,35,36,40). The van der Waals surface area contributed by atoms with E-state index in [0.29, 0.717) is 48.2 Å². The van der Waals surface area contributed by atoms with E-state index < -0.39 is 32.5 Å². The summed E-state index contributed by atoms with van der Waals surface area (Å²) >= 11 is 0. The van der Waals surface area contributed by atoms with Crippen molar-refractivity contribution in [3.63, 3.8) is 0 Å². The smallest absolute Gasteiger partial charge is 0.258 e. The Hall–Kier alpha value is -3.59. The molecule has 0 radical (unpaired) electrons. The van der Waals surface area contributed by atoms with Crippen LogP contribution in [0.2, 0.25) is 0 Å². The number of rotatable bonds is 11. The first kappa shape index (κ1) is 31.8. The maximum Gasteiger partial charge on any atom is 0.258 e. The van der Waals surface area contributed by atoms with E-state index in [1.54, 1.807) is 6.07 Å². The molecule has 238 valence electrons. The van der Waals surface area contributed by atoms with Crippen molar-refractivity contribution < 1.29 is 26.7 Å². The van der Waals surface area contributed by atoms with Crippen LogP contribution in [-0.2, 0) is 27.7 Å². The topological polar surface area (TPSA) is 123 Å². The van der Waals surface area contributed by atoms with E-state index in [-0.39, 0.29) is 24.9 Å². The van der Waals surface area contributed by atoms with Gasteiger partial charge in [-0.3, -0.25) is 9.89 Å². The molecule has 2 aromatic carbocycles. The van der Waals surface area contributed by atoms with Crippen molar-refractivity contribution in [2.45, 2.75) is 43.2 Å². The van der Waals surface area contributed by atoms with E-state index in [1.165, 1.54) is 0 Å². The molecule has 44 heavy (non-hydrogen) atoms. The maximum atomic E-state index is 13.8. The van der Waals surface area contributed by atoms with Crippen LogP contribution >= 0.6 is 0 Å². The Balaban J connectivity index is 1.36. The molecule has 11 nitrogen and oxygen atoms in total. The number of ether oxygens (including phenoxy) is 1. The van der Waals surface area contributed by atoms with Crippen LogP contribution in [0.5, 0.6) is 0 Å². The molecule has 0 bridgehead atoms. The Morgan fingerprint density at radius 2 is 1.82 bits per heavy atom. The number of fused-ring (bicyclic) bond motifs is 1. The van der Waals surface area contributed by atoms with Gasteiger partial charge in [0, 0.05) is 81.1 Å². The van der Waals surface area contributed by atoms with Crippen LogP contribution in [0.15, 0.2) is 41.3 Å². The second-order valence-corrected chi connectivity index (χ2v) is 13.5. The second-order valence-electron chi connectivity index (χ2n) is 11.5. The molecule has 3 N–H and O–H groups in total. The second kappa shape index (κ2) is 13.6. The number of aromatic amines is 1. The summed E-state index contributed by atoms with van der Waals surface area (Å²) in [5, 5.41) is 13.6.